The van der Waals surface area contributed by atoms with Crippen LogP contribution in [-0.2, 0) is 4.79 Å². The molecule has 0 bridgehead atoms. The molecule has 0 saturated heterocycles. The topological polar surface area (TPSA) is 59.6 Å². The Morgan fingerprint density at radius 3 is 2.43 bits per heavy atom. The number of halogens is 1. The summed E-state index contributed by atoms with van der Waals surface area (Å²) in [5.74, 6) is 1.16. The average Bonchev–Trinajstić information content (AvgIpc) is 2.68. The van der Waals surface area contributed by atoms with Gasteiger partial charge in [-0.15, -0.1) is 0 Å². The van der Waals surface area contributed by atoms with E-state index in [4.69, 9.17) is 9.47 Å². The molecule has 1 heterocycles. The molecule has 0 saturated carbocycles. The molecule has 2 N–H and O–H groups in total. The van der Waals surface area contributed by atoms with Gasteiger partial charge in [0.2, 0.25) is 5.91 Å². The van der Waals surface area contributed by atoms with Crippen LogP contribution in [0.5, 0.6) is 11.5 Å². The van der Waals surface area contributed by atoms with Crippen LogP contribution >= 0.6 is 0 Å². The van der Waals surface area contributed by atoms with Crippen molar-refractivity contribution in [3.05, 3.63) is 53.3 Å². The molecule has 0 aliphatic carbocycles. The van der Waals surface area contributed by atoms with Crippen LogP contribution in [0, 0.1) is 18.7 Å². The summed E-state index contributed by atoms with van der Waals surface area (Å²) < 4.78 is 25.0. The SMILES string of the molecule is Cc1ccc(NC(=O)[C@H](C)N[C@H](c2ccc3c(c2)OCCO3)C(C)C)cc1F. The smallest absolute Gasteiger partial charge is 0.241 e. The van der Waals surface area contributed by atoms with Crippen molar-refractivity contribution in [3.8, 4) is 11.5 Å². The van der Waals surface area contributed by atoms with Gasteiger partial charge in [0.1, 0.15) is 19.0 Å². The standard InChI is InChI=1S/C22H27FN2O3/c1-13(2)21(16-6-8-19-20(11-16)28-10-9-27-19)24-15(4)22(26)25-17-7-5-14(3)18(23)12-17/h5-8,11-13,15,21,24H,9-10H2,1-4H3,(H,25,26)/t15-,21-/m0/s1. The number of carbonyl (C=O) groups excluding carboxylic acids is 1. The van der Waals surface area contributed by atoms with Crippen molar-refractivity contribution >= 4 is 11.6 Å². The molecule has 0 fully saturated rings. The number of benzene rings is 2. The summed E-state index contributed by atoms with van der Waals surface area (Å²) in [6.07, 6.45) is 0. The molecule has 1 aliphatic heterocycles. The van der Waals surface area contributed by atoms with Crippen LogP contribution in [0.4, 0.5) is 10.1 Å². The minimum atomic E-state index is -0.468. The van der Waals surface area contributed by atoms with E-state index in [1.807, 2.05) is 18.2 Å². The molecule has 0 spiro atoms. The van der Waals surface area contributed by atoms with Crippen molar-refractivity contribution in [3.63, 3.8) is 0 Å². The Bertz CT molecular complexity index is 854. The number of carbonyl (C=O) groups is 1. The molecule has 1 aliphatic rings. The normalized spacial score (nSPS) is 15.2. The highest BCUT2D eigenvalue weighted by molar-refractivity contribution is 5.94. The van der Waals surface area contributed by atoms with Gasteiger partial charge in [0, 0.05) is 11.7 Å². The van der Waals surface area contributed by atoms with E-state index in [1.54, 1.807) is 26.0 Å². The largest absolute Gasteiger partial charge is 0.486 e. The van der Waals surface area contributed by atoms with Gasteiger partial charge >= 0.3 is 0 Å². The summed E-state index contributed by atoms with van der Waals surface area (Å²) in [5, 5.41) is 6.15. The lowest BCUT2D eigenvalue weighted by Gasteiger charge is -2.28. The zero-order valence-electron chi connectivity index (χ0n) is 16.7. The van der Waals surface area contributed by atoms with Crippen LogP contribution < -0.4 is 20.1 Å². The zero-order valence-corrected chi connectivity index (χ0v) is 16.7. The molecule has 2 aromatic carbocycles. The van der Waals surface area contributed by atoms with Crippen molar-refractivity contribution in [2.24, 2.45) is 5.92 Å². The summed E-state index contributed by atoms with van der Waals surface area (Å²) in [5.41, 5.74) is 2.02. The van der Waals surface area contributed by atoms with Crippen LogP contribution in [0.1, 0.15) is 37.9 Å². The quantitative estimate of drug-likeness (QED) is 0.780. The molecule has 1 amide bonds. The second-order valence-electron chi connectivity index (χ2n) is 7.47. The van der Waals surface area contributed by atoms with E-state index < -0.39 is 6.04 Å². The van der Waals surface area contributed by atoms with Gasteiger partial charge in [-0.25, -0.2) is 4.39 Å². The number of ether oxygens (including phenoxy) is 2. The molecule has 0 aromatic heterocycles. The summed E-state index contributed by atoms with van der Waals surface area (Å²) in [6.45, 7) is 8.75. The first-order valence-electron chi connectivity index (χ1n) is 9.57. The molecule has 2 aromatic rings. The second kappa shape index (κ2) is 8.61. The van der Waals surface area contributed by atoms with Crippen molar-refractivity contribution in [2.45, 2.75) is 39.8 Å². The Kier molecular flexibility index (Phi) is 6.19. The van der Waals surface area contributed by atoms with E-state index in [9.17, 15) is 9.18 Å². The maximum Gasteiger partial charge on any atom is 0.241 e. The number of hydrogen-bond acceptors (Lipinski definition) is 4. The highest BCUT2D eigenvalue weighted by atomic mass is 19.1. The van der Waals surface area contributed by atoms with Crippen molar-refractivity contribution < 1.29 is 18.7 Å². The molecule has 2 atom stereocenters. The Morgan fingerprint density at radius 2 is 1.75 bits per heavy atom. The first-order chi connectivity index (χ1) is 13.3. The Morgan fingerprint density at radius 1 is 1.04 bits per heavy atom. The molecular formula is C22H27FN2O3. The Balaban J connectivity index is 1.71. The lowest BCUT2D eigenvalue weighted by atomic mass is 9.94. The molecule has 3 rings (SSSR count). The molecule has 6 heteroatoms. The second-order valence-corrected chi connectivity index (χ2v) is 7.47. The fraction of sp³-hybridized carbons (Fsp3) is 0.409. The molecule has 0 unspecified atom stereocenters. The van der Waals surface area contributed by atoms with Gasteiger partial charge in [0.25, 0.3) is 0 Å². The molecule has 28 heavy (non-hydrogen) atoms. The summed E-state index contributed by atoms with van der Waals surface area (Å²) >= 11 is 0. The van der Waals surface area contributed by atoms with Crippen LogP contribution in [-0.4, -0.2) is 25.2 Å². The number of rotatable bonds is 6. The van der Waals surface area contributed by atoms with Gasteiger partial charge in [-0.2, -0.15) is 0 Å². The number of fused-ring (bicyclic) bond motifs is 1. The van der Waals surface area contributed by atoms with Crippen molar-refractivity contribution in [2.75, 3.05) is 18.5 Å². The third-order valence-electron chi connectivity index (χ3n) is 4.85. The first kappa shape index (κ1) is 20.1. The first-order valence-corrected chi connectivity index (χ1v) is 9.57. The van der Waals surface area contributed by atoms with Crippen LogP contribution in [0.25, 0.3) is 0 Å². The fourth-order valence-corrected chi connectivity index (χ4v) is 3.19. The lowest BCUT2D eigenvalue weighted by molar-refractivity contribution is -0.118. The van der Waals surface area contributed by atoms with Crippen LogP contribution in [0.3, 0.4) is 0 Å². The van der Waals surface area contributed by atoms with Gasteiger partial charge in [-0.05, 0) is 55.2 Å². The zero-order chi connectivity index (χ0) is 20.3. The van der Waals surface area contributed by atoms with Gasteiger partial charge in [0.05, 0.1) is 6.04 Å². The van der Waals surface area contributed by atoms with E-state index in [-0.39, 0.29) is 23.7 Å². The van der Waals surface area contributed by atoms with Gasteiger partial charge in [-0.3, -0.25) is 10.1 Å². The summed E-state index contributed by atoms with van der Waals surface area (Å²) in [6, 6.07) is 10.0. The average molecular weight is 386 g/mol. The van der Waals surface area contributed by atoms with E-state index in [2.05, 4.69) is 24.5 Å². The van der Waals surface area contributed by atoms with E-state index in [0.717, 1.165) is 17.1 Å². The van der Waals surface area contributed by atoms with Crippen molar-refractivity contribution in [1.29, 1.82) is 0 Å². The number of nitrogens with one attached hydrogen (secondary N) is 2. The molecule has 5 nitrogen and oxygen atoms in total. The van der Waals surface area contributed by atoms with Gasteiger partial charge in [-0.1, -0.05) is 26.0 Å². The van der Waals surface area contributed by atoms with Crippen LogP contribution in [0.2, 0.25) is 0 Å². The predicted octanol–water partition coefficient (Wildman–Crippen LogP) is 4.22. The predicted molar refractivity (Wildman–Crippen MR) is 107 cm³/mol. The number of amides is 1. The maximum atomic E-state index is 13.7. The minimum absolute atomic E-state index is 0.0497. The Hall–Kier alpha value is -2.60. The number of hydrogen-bond donors (Lipinski definition) is 2. The van der Waals surface area contributed by atoms with E-state index in [0.29, 0.717) is 24.5 Å². The number of aryl methyl sites for hydroxylation is 1. The molecular weight excluding hydrogens is 359 g/mol. The monoisotopic (exact) mass is 386 g/mol. The van der Waals surface area contributed by atoms with E-state index in [1.165, 1.54) is 6.07 Å². The number of anilines is 1. The Labute approximate surface area is 165 Å². The summed E-state index contributed by atoms with van der Waals surface area (Å²) in [7, 11) is 0. The fourth-order valence-electron chi connectivity index (χ4n) is 3.19. The van der Waals surface area contributed by atoms with Crippen molar-refractivity contribution in [1.82, 2.24) is 5.32 Å². The minimum Gasteiger partial charge on any atom is -0.486 e. The third kappa shape index (κ3) is 4.62. The molecule has 150 valence electrons. The maximum absolute atomic E-state index is 13.7. The van der Waals surface area contributed by atoms with E-state index >= 15 is 0 Å². The highest BCUT2D eigenvalue weighted by Crippen LogP contribution is 2.34. The van der Waals surface area contributed by atoms with Gasteiger partial charge < -0.3 is 14.8 Å². The highest BCUT2D eigenvalue weighted by Gasteiger charge is 2.24. The molecule has 0 radical (unpaired) electrons. The summed E-state index contributed by atoms with van der Waals surface area (Å²) in [4.78, 5) is 12.6. The lowest BCUT2D eigenvalue weighted by Crippen LogP contribution is -2.41. The van der Waals surface area contributed by atoms with Gasteiger partial charge in [0.15, 0.2) is 11.5 Å². The third-order valence-corrected chi connectivity index (χ3v) is 4.85. The van der Waals surface area contributed by atoms with Crippen LogP contribution in [0.15, 0.2) is 36.4 Å².